The largest absolute Gasteiger partial charge is 0.389 e. The van der Waals surface area contributed by atoms with Gasteiger partial charge in [0.25, 0.3) is 0 Å². The van der Waals surface area contributed by atoms with Crippen molar-refractivity contribution in [2.24, 2.45) is 5.92 Å². The third-order valence-electron chi connectivity index (χ3n) is 3.21. The summed E-state index contributed by atoms with van der Waals surface area (Å²) in [5.41, 5.74) is -0.906. The van der Waals surface area contributed by atoms with Crippen LogP contribution in [0.2, 0.25) is 0 Å². The van der Waals surface area contributed by atoms with Crippen molar-refractivity contribution in [3.05, 3.63) is 0 Å². The molecule has 1 amide bonds. The summed E-state index contributed by atoms with van der Waals surface area (Å²) in [7, 11) is 0. The van der Waals surface area contributed by atoms with Crippen molar-refractivity contribution in [3.8, 4) is 0 Å². The first-order valence-corrected chi connectivity index (χ1v) is 7.95. The zero-order chi connectivity index (χ0) is 17.8. The second kappa shape index (κ2) is 7.70. The van der Waals surface area contributed by atoms with E-state index < -0.39 is 23.9 Å². The number of aliphatic hydroxyl groups excluding tert-OH is 1. The molecule has 1 rings (SSSR count). The van der Waals surface area contributed by atoms with Crippen LogP contribution >= 0.6 is 0 Å². The second-order valence-corrected chi connectivity index (χ2v) is 7.95. The van der Waals surface area contributed by atoms with Crippen LogP contribution in [0.4, 0.5) is 0 Å². The molecule has 1 heterocycles. The number of aliphatic hydroxyl groups is 1. The summed E-state index contributed by atoms with van der Waals surface area (Å²) in [5.74, 6) is -0.239. The highest BCUT2D eigenvalue weighted by Crippen LogP contribution is 2.28. The molecule has 0 radical (unpaired) electrons. The molecular weight excluding hydrogens is 300 g/mol. The van der Waals surface area contributed by atoms with Crippen molar-refractivity contribution in [3.63, 3.8) is 0 Å². The minimum Gasteiger partial charge on any atom is -0.389 e. The number of ketones is 1. The molecule has 0 aromatic rings. The number of hydroxylamine groups is 4. The van der Waals surface area contributed by atoms with E-state index in [0.717, 1.165) is 0 Å². The van der Waals surface area contributed by atoms with Gasteiger partial charge in [-0.05, 0) is 53.9 Å². The zero-order valence-corrected chi connectivity index (χ0v) is 15.0. The van der Waals surface area contributed by atoms with E-state index in [1.165, 1.54) is 5.06 Å². The lowest BCUT2D eigenvalue weighted by molar-refractivity contribution is -0.238. The van der Waals surface area contributed by atoms with E-state index in [1.54, 1.807) is 5.06 Å². The fraction of sp³-hybridized carbons (Fsp3) is 0.875. The van der Waals surface area contributed by atoms with Gasteiger partial charge in [0.05, 0.1) is 23.8 Å². The molecule has 1 aliphatic heterocycles. The van der Waals surface area contributed by atoms with Gasteiger partial charge in [-0.2, -0.15) is 5.06 Å². The number of nitrogens with zero attached hydrogens (tertiary/aromatic N) is 2. The van der Waals surface area contributed by atoms with Crippen molar-refractivity contribution in [2.45, 2.75) is 65.2 Å². The maximum atomic E-state index is 12.0. The van der Waals surface area contributed by atoms with Gasteiger partial charge < -0.3 is 5.11 Å². The molecule has 1 unspecified atom stereocenters. The number of carbonyl (C=O) groups is 2. The average molecular weight is 330 g/mol. The fourth-order valence-corrected chi connectivity index (χ4v) is 2.58. The van der Waals surface area contributed by atoms with E-state index >= 15 is 0 Å². The predicted molar refractivity (Wildman–Crippen MR) is 85.1 cm³/mol. The van der Waals surface area contributed by atoms with Crippen molar-refractivity contribution in [1.29, 1.82) is 0 Å². The molecule has 0 aliphatic carbocycles. The first kappa shape index (κ1) is 20.0. The van der Waals surface area contributed by atoms with Crippen LogP contribution < -0.4 is 0 Å². The summed E-state index contributed by atoms with van der Waals surface area (Å²) in [5, 5.41) is 12.1. The highest BCUT2D eigenvalue weighted by molar-refractivity contribution is 5.85. The van der Waals surface area contributed by atoms with Gasteiger partial charge in [-0.25, -0.2) is 5.06 Å². The van der Waals surface area contributed by atoms with E-state index in [1.807, 2.05) is 41.5 Å². The van der Waals surface area contributed by atoms with Crippen molar-refractivity contribution in [2.75, 3.05) is 19.7 Å². The summed E-state index contributed by atoms with van der Waals surface area (Å²) in [6.45, 7) is 11.7. The normalized spacial score (nSPS) is 23.1. The van der Waals surface area contributed by atoms with E-state index in [4.69, 9.17) is 14.8 Å². The molecule has 0 saturated carbocycles. The smallest absolute Gasteiger partial charge is 0.233 e. The van der Waals surface area contributed by atoms with Crippen LogP contribution in [-0.4, -0.2) is 64.4 Å². The Kier molecular flexibility index (Phi) is 6.70. The van der Waals surface area contributed by atoms with Crippen molar-refractivity contribution < 1.29 is 24.4 Å². The molecule has 7 heteroatoms. The molecule has 1 fully saturated rings. The quantitative estimate of drug-likeness (QED) is 0.557. The molecule has 0 spiro atoms. The van der Waals surface area contributed by atoms with E-state index in [0.29, 0.717) is 25.9 Å². The van der Waals surface area contributed by atoms with Gasteiger partial charge in [0.2, 0.25) is 6.41 Å². The lowest BCUT2D eigenvalue weighted by Gasteiger charge is -2.30. The first-order valence-electron chi connectivity index (χ1n) is 7.95. The van der Waals surface area contributed by atoms with Crippen molar-refractivity contribution in [1.82, 2.24) is 10.1 Å². The fourth-order valence-electron chi connectivity index (χ4n) is 2.58. The molecule has 1 aliphatic rings. The SMILES string of the molecule is CC(C)(C)ON(C=O)C[C@@H]1CC(C(=O)CO)N(OC(C)(C)C)C1. The third kappa shape index (κ3) is 6.95. The Hall–Kier alpha value is -1.02. The second-order valence-electron chi connectivity index (χ2n) is 7.95. The number of rotatable bonds is 7. The summed E-state index contributed by atoms with van der Waals surface area (Å²) >= 11 is 0. The lowest BCUT2D eigenvalue weighted by atomic mass is 10.0. The van der Waals surface area contributed by atoms with E-state index in [-0.39, 0.29) is 11.7 Å². The minimum absolute atomic E-state index is 0.0328. The first-order chi connectivity index (χ1) is 10.4. The molecule has 2 atom stereocenters. The van der Waals surface area contributed by atoms with E-state index in [9.17, 15) is 9.59 Å². The summed E-state index contributed by atoms with van der Waals surface area (Å²) in [4.78, 5) is 34.6. The van der Waals surface area contributed by atoms with Gasteiger partial charge in [0.15, 0.2) is 5.78 Å². The highest BCUT2D eigenvalue weighted by Gasteiger charge is 2.40. The topological polar surface area (TPSA) is 79.3 Å². The molecule has 0 bridgehead atoms. The molecule has 1 N–H and O–H groups in total. The Morgan fingerprint density at radius 2 is 1.87 bits per heavy atom. The minimum atomic E-state index is -0.517. The summed E-state index contributed by atoms with van der Waals surface area (Å²) in [6, 6.07) is -0.493. The summed E-state index contributed by atoms with van der Waals surface area (Å²) in [6.07, 6.45) is 1.18. The predicted octanol–water partition coefficient (Wildman–Crippen LogP) is 1.16. The highest BCUT2D eigenvalue weighted by atomic mass is 16.7. The number of hydrogen-bond acceptors (Lipinski definition) is 6. The lowest BCUT2D eigenvalue weighted by Crippen LogP contribution is -2.42. The van der Waals surface area contributed by atoms with Crippen molar-refractivity contribution >= 4 is 12.2 Å². The van der Waals surface area contributed by atoms with Crippen LogP contribution in [-0.2, 0) is 19.3 Å². The van der Waals surface area contributed by atoms with Gasteiger partial charge in [-0.1, -0.05) is 0 Å². The Balaban J connectivity index is 2.74. The molecular formula is C16H30N2O5. The standard InChI is InChI=1S/C16H30N2O5/c1-15(2,3)22-17(11-20)8-12-7-13(14(21)10-19)18(9-12)23-16(4,5)6/h11-13,19H,7-10H2,1-6H3/t12-,13?/m0/s1. The number of amides is 1. The Labute approximate surface area is 138 Å². The van der Waals surface area contributed by atoms with Crippen LogP contribution in [0, 0.1) is 5.92 Å². The van der Waals surface area contributed by atoms with Crippen LogP contribution in [0.15, 0.2) is 0 Å². The number of Topliss-reactive ketones (excluding diaryl/α,β-unsaturated/α-hetero) is 1. The van der Waals surface area contributed by atoms with E-state index in [2.05, 4.69) is 0 Å². The maximum absolute atomic E-state index is 12.0. The van der Waals surface area contributed by atoms with Crippen LogP contribution in [0.5, 0.6) is 0 Å². The van der Waals surface area contributed by atoms with Gasteiger partial charge in [0, 0.05) is 6.54 Å². The van der Waals surface area contributed by atoms with Gasteiger partial charge in [-0.3, -0.25) is 19.3 Å². The monoisotopic (exact) mass is 330 g/mol. The molecule has 23 heavy (non-hydrogen) atoms. The maximum Gasteiger partial charge on any atom is 0.233 e. The van der Waals surface area contributed by atoms with Crippen LogP contribution in [0.25, 0.3) is 0 Å². The van der Waals surface area contributed by atoms with Gasteiger partial charge in [0.1, 0.15) is 6.61 Å². The van der Waals surface area contributed by atoms with Gasteiger partial charge >= 0.3 is 0 Å². The number of carbonyl (C=O) groups excluding carboxylic acids is 2. The van der Waals surface area contributed by atoms with Gasteiger partial charge in [-0.15, -0.1) is 0 Å². The molecule has 0 aromatic carbocycles. The summed E-state index contributed by atoms with van der Waals surface area (Å²) < 4.78 is 0. The molecule has 7 nitrogen and oxygen atoms in total. The Morgan fingerprint density at radius 3 is 2.30 bits per heavy atom. The van der Waals surface area contributed by atoms with Crippen LogP contribution in [0.1, 0.15) is 48.0 Å². The van der Waals surface area contributed by atoms with Crippen LogP contribution in [0.3, 0.4) is 0 Å². The zero-order valence-electron chi connectivity index (χ0n) is 15.0. The average Bonchev–Trinajstić information content (AvgIpc) is 2.75. The Morgan fingerprint density at radius 1 is 1.26 bits per heavy atom. The molecule has 134 valence electrons. The Bertz CT molecular complexity index is 414. The number of hydrogen-bond donors (Lipinski definition) is 1. The third-order valence-corrected chi connectivity index (χ3v) is 3.21. The molecule has 1 saturated heterocycles. The molecule has 0 aromatic heterocycles.